The highest BCUT2D eigenvalue weighted by Gasteiger charge is 2.15. The van der Waals surface area contributed by atoms with Crippen LogP contribution in [0.15, 0.2) is 45.6 Å². The van der Waals surface area contributed by atoms with Gasteiger partial charge in [-0.3, -0.25) is 0 Å². The van der Waals surface area contributed by atoms with Crippen molar-refractivity contribution in [3.63, 3.8) is 0 Å². The number of carbonyl (C=O) groups excluding carboxylic acids is 1. The van der Waals surface area contributed by atoms with E-state index in [-0.39, 0.29) is 6.61 Å². The van der Waals surface area contributed by atoms with E-state index in [2.05, 4.69) is 23.8 Å². The van der Waals surface area contributed by atoms with E-state index in [1.807, 2.05) is 32.9 Å². The normalized spacial score (nSPS) is 11.4. The second-order valence-corrected chi connectivity index (χ2v) is 8.12. The highest BCUT2D eigenvalue weighted by atomic mass is 16.5. The second kappa shape index (κ2) is 7.95. The summed E-state index contributed by atoms with van der Waals surface area (Å²) in [7, 11) is 0. The summed E-state index contributed by atoms with van der Waals surface area (Å²) < 4.78 is 10.9. The van der Waals surface area contributed by atoms with Gasteiger partial charge in [0.2, 0.25) is 0 Å². The average molecular weight is 416 g/mol. The number of nitrogens with zero attached hydrogens (tertiary/aromatic N) is 2. The number of aromatic nitrogens is 2. The molecule has 31 heavy (non-hydrogen) atoms. The quantitative estimate of drug-likeness (QED) is 0.338. The molecule has 0 aliphatic heterocycles. The Bertz CT molecular complexity index is 1390. The molecule has 2 aromatic heterocycles. The monoisotopic (exact) mass is 416 g/mol. The lowest BCUT2D eigenvalue weighted by atomic mass is 9.95. The predicted octanol–water partition coefficient (Wildman–Crippen LogP) is 5.14. The lowest BCUT2D eigenvalue weighted by Gasteiger charge is -2.13. The SMILES string of the molecule is Cc1cc2oc(=O)cc(COC(=O)c3ccc4nc(C)c(C)nc4c3)c2cc1C(C)C. The zero-order chi connectivity index (χ0) is 22.3. The average Bonchev–Trinajstić information content (AvgIpc) is 2.71. The highest BCUT2D eigenvalue weighted by Crippen LogP contribution is 2.27. The van der Waals surface area contributed by atoms with E-state index in [1.165, 1.54) is 6.07 Å². The molecule has 4 aromatic rings. The third-order valence-corrected chi connectivity index (χ3v) is 5.51. The minimum absolute atomic E-state index is 0.0296. The zero-order valence-electron chi connectivity index (χ0n) is 18.3. The molecule has 0 N–H and O–H groups in total. The summed E-state index contributed by atoms with van der Waals surface area (Å²) in [6.07, 6.45) is 0. The number of hydrogen-bond acceptors (Lipinski definition) is 6. The molecule has 0 unspecified atom stereocenters. The molecule has 0 aliphatic carbocycles. The van der Waals surface area contributed by atoms with Crippen molar-refractivity contribution in [3.05, 3.63) is 80.5 Å². The van der Waals surface area contributed by atoms with Crippen molar-refractivity contribution in [2.45, 2.75) is 47.1 Å². The van der Waals surface area contributed by atoms with Gasteiger partial charge in [-0.05, 0) is 68.1 Å². The van der Waals surface area contributed by atoms with Gasteiger partial charge in [0.25, 0.3) is 0 Å². The highest BCUT2D eigenvalue weighted by molar-refractivity contribution is 5.93. The molecule has 0 fully saturated rings. The van der Waals surface area contributed by atoms with Crippen LogP contribution < -0.4 is 5.63 Å². The van der Waals surface area contributed by atoms with Crippen LogP contribution in [0.1, 0.15) is 58.2 Å². The van der Waals surface area contributed by atoms with Crippen LogP contribution in [-0.4, -0.2) is 15.9 Å². The van der Waals surface area contributed by atoms with Gasteiger partial charge in [-0.2, -0.15) is 0 Å². The van der Waals surface area contributed by atoms with E-state index in [1.54, 1.807) is 18.2 Å². The maximum atomic E-state index is 12.7. The molecule has 2 heterocycles. The van der Waals surface area contributed by atoms with Crippen molar-refractivity contribution in [2.75, 3.05) is 0 Å². The Balaban J connectivity index is 1.65. The van der Waals surface area contributed by atoms with Crippen LogP contribution in [0.5, 0.6) is 0 Å². The third kappa shape index (κ3) is 4.06. The minimum atomic E-state index is -0.487. The number of esters is 1. The summed E-state index contributed by atoms with van der Waals surface area (Å²) in [6.45, 7) is 9.96. The molecule has 0 bridgehead atoms. The summed E-state index contributed by atoms with van der Waals surface area (Å²) in [5.41, 5.74) is 6.28. The molecular formula is C25H24N2O4. The molecule has 158 valence electrons. The van der Waals surface area contributed by atoms with Crippen molar-refractivity contribution in [1.29, 1.82) is 0 Å². The number of carbonyl (C=O) groups is 1. The van der Waals surface area contributed by atoms with E-state index in [0.717, 1.165) is 33.4 Å². The maximum absolute atomic E-state index is 12.7. The zero-order valence-corrected chi connectivity index (χ0v) is 18.3. The van der Waals surface area contributed by atoms with Gasteiger partial charge in [-0.1, -0.05) is 13.8 Å². The summed E-state index contributed by atoms with van der Waals surface area (Å²) >= 11 is 0. The fraction of sp³-hybridized carbons (Fsp3) is 0.280. The third-order valence-electron chi connectivity index (χ3n) is 5.51. The van der Waals surface area contributed by atoms with Crippen molar-refractivity contribution >= 4 is 28.0 Å². The first kappa shape index (κ1) is 20.7. The first-order chi connectivity index (χ1) is 14.7. The van der Waals surface area contributed by atoms with Crippen LogP contribution in [0, 0.1) is 20.8 Å². The largest absolute Gasteiger partial charge is 0.457 e. The Hall–Kier alpha value is -3.54. The van der Waals surface area contributed by atoms with Crippen LogP contribution in [0.25, 0.3) is 22.0 Å². The second-order valence-electron chi connectivity index (χ2n) is 8.12. The molecule has 0 amide bonds. The van der Waals surface area contributed by atoms with Gasteiger partial charge in [0.15, 0.2) is 0 Å². The van der Waals surface area contributed by atoms with Crippen molar-refractivity contribution in [3.8, 4) is 0 Å². The van der Waals surface area contributed by atoms with Gasteiger partial charge < -0.3 is 9.15 Å². The van der Waals surface area contributed by atoms with Gasteiger partial charge in [0.05, 0.1) is 28.0 Å². The topological polar surface area (TPSA) is 82.3 Å². The van der Waals surface area contributed by atoms with E-state index in [9.17, 15) is 9.59 Å². The Morgan fingerprint density at radius 1 is 1.00 bits per heavy atom. The molecule has 0 radical (unpaired) electrons. The van der Waals surface area contributed by atoms with Crippen molar-refractivity contribution in [1.82, 2.24) is 9.97 Å². The number of hydrogen-bond donors (Lipinski definition) is 0. The van der Waals surface area contributed by atoms with E-state index >= 15 is 0 Å². The van der Waals surface area contributed by atoms with E-state index in [0.29, 0.717) is 28.1 Å². The lowest BCUT2D eigenvalue weighted by Crippen LogP contribution is -2.09. The van der Waals surface area contributed by atoms with Gasteiger partial charge in [-0.15, -0.1) is 0 Å². The number of benzene rings is 2. The Morgan fingerprint density at radius 2 is 1.71 bits per heavy atom. The number of aryl methyl sites for hydroxylation is 3. The fourth-order valence-corrected chi connectivity index (χ4v) is 3.72. The van der Waals surface area contributed by atoms with Gasteiger partial charge in [-0.25, -0.2) is 19.6 Å². The van der Waals surface area contributed by atoms with Crippen molar-refractivity contribution < 1.29 is 13.9 Å². The molecule has 0 saturated carbocycles. The molecule has 0 saturated heterocycles. The maximum Gasteiger partial charge on any atom is 0.338 e. The Kier molecular flexibility index (Phi) is 5.31. The fourth-order valence-electron chi connectivity index (χ4n) is 3.72. The molecule has 0 atom stereocenters. The van der Waals surface area contributed by atoms with E-state index < -0.39 is 11.6 Å². The van der Waals surface area contributed by atoms with Crippen LogP contribution >= 0.6 is 0 Å². The summed E-state index contributed by atoms with van der Waals surface area (Å²) in [5, 5.41) is 0.775. The number of ether oxygens (including phenoxy) is 1. The molecule has 0 spiro atoms. The summed E-state index contributed by atoms with van der Waals surface area (Å²) in [4.78, 5) is 33.7. The molecule has 0 aliphatic rings. The smallest absolute Gasteiger partial charge is 0.338 e. The Morgan fingerprint density at radius 3 is 2.42 bits per heavy atom. The molecule has 2 aromatic carbocycles. The molecule has 6 heteroatoms. The van der Waals surface area contributed by atoms with E-state index in [4.69, 9.17) is 9.15 Å². The Labute approximate surface area is 179 Å². The standard InChI is InChI=1S/C25H24N2O4/c1-13(2)19-11-20-18(10-24(28)31-23(20)8-14(19)3)12-30-25(29)17-6-7-21-22(9-17)27-16(5)15(4)26-21/h6-11,13H,12H2,1-5H3. The molecular weight excluding hydrogens is 392 g/mol. The number of fused-ring (bicyclic) bond motifs is 2. The molecule has 6 nitrogen and oxygen atoms in total. The number of rotatable bonds is 4. The predicted molar refractivity (Wildman–Crippen MR) is 119 cm³/mol. The first-order valence-corrected chi connectivity index (χ1v) is 10.2. The first-order valence-electron chi connectivity index (χ1n) is 10.2. The van der Waals surface area contributed by atoms with Crippen LogP contribution in [0.2, 0.25) is 0 Å². The van der Waals surface area contributed by atoms with Crippen LogP contribution in [-0.2, 0) is 11.3 Å². The van der Waals surface area contributed by atoms with Gasteiger partial charge >= 0.3 is 11.6 Å². The van der Waals surface area contributed by atoms with Crippen LogP contribution in [0.4, 0.5) is 0 Å². The summed E-state index contributed by atoms with van der Waals surface area (Å²) in [5.74, 6) is -0.169. The lowest BCUT2D eigenvalue weighted by molar-refractivity contribution is 0.0474. The van der Waals surface area contributed by atoms with Crippen LogP contribution in [0.3, 0.4) is 0 Å². The molecule has 4 rings (SSSR count). The van der Waals surface area contributed by atoms with Crippen molar-refractivity contribution in [2.24, 2.45) is 0 Å². The van der Waals surface area contributed by atoms with Gasteiger partial charge in [0.1, 0.15) is 12.2 Å². The minimum Gasteiger partial charge on any atom is -0.457 e. The summed E-state index contributed by atoms with van der Waals surface area (Å²) in [6, 6.07) is 10.4. The van der Waals surface area contributed by atoms with Gasteiger partial charge in [0, 0.05) is 17.0 Å².